The zero-order chi connectivity index (χ0) is 23.2. The Morgan fingerprint density at radius 1 is 0.606 bits per heavy atom. The van der Waals surface area contributed by atoms with Gasteiger partial charge in [-0.3, -0.25) is 0 Å². The summed E-state index contributed by atoms with van der Waals surface area (Å²) in [4.78, 5) is 12.4. The minimum atomic E-state index is -0.362. The molecule has 0 aliphatic carbocycles. The van der Waals surface area contributed by atoms with Crippen LogP contribution < -0.4 is 9.47 Å². The molecule has 4 aromatic rings. The fraction of sp³-hybridized carbons (Fsp3) is 0.167. The first-order chi connectivity index (χ1) is 16.0. The molecule has 0 aromatic heterocycles. The monoisotopic (exact) mass is 436 g/mol. The van der Waals surface area contributed by atoms with Crippen LogP contribution in [0.15, 0.2) is 103 Å². The van der Waals surface area contributed by atoms with Crippen LogP contribution >= 0.6 is 0 Å². The van der Waals surface area contributed by atoms with E-state index < -0.39 is 0 Å². The van der Waals surface area contributed by atoms with Crippen molar-refractivity contribution in [2.75, 3.05) is 7.11 Å². The van der Waals surface area contributed by atoms with Crippen molar-refractivity contribution in [3.05, 3.63) is 131 Å². The van der Waals surface area contributed by atoms with Gasteiger partial charge in [-0.1, -0.05) is 80.6 Å². The number of rotatable bonds is 7. The van der Waals surface area contributed by atoms with Crippen LogP contribution in [0.3, 0.4) is 0 Å². The Labute approximate surface area is 195 Å². The first kappa shape index (κ1) is 22.3. The summed E-state index contributed by atoms with van der Waals surface area (Å²) in [5.41, 5.74) is 5.34. The molecule has 0 radical (unpaired) electrons. The van der Waals surface area contributed by atoms with Crippen molar-refractivity contribution in [2.45, 2.75) is 25.7 Å². The Balaban J connectivity index is 1.64. The van der Waals surface area contributed by atoms with Crippen LogP contribution in [-0.2, 0) is 0 Å². The maximum absolute atomic E-state index is 12.4. The summed E-state index contributed by atoms with van der Waals surface area (Å²) in [5, 5.41) is 0. The maximum Gasteiger partial charge on any atom is 0.343 e. The van der Waals surface area contributed by atoms with Gasteiger partial charge in [0, 0.05) is 5.92 Å². The van der Waals surface area contributed by atoms with Gasteiger partial charge in [0.2, 0.25) is 0 Å². The standard InChI is InChI=1S/C30H28O3/c1-21(2)22-9-11-23(12-10-22)29(24-13-17-27(32-3)18-14-24)25-15-19-28(20-16-25)33-30(31)26-7-5-4-6-8-26/h4-21,29H,1-3H3. The van der Waals surface area contributed by atoms with Crippen LogP contribution in [0.1, 0.15) is 58.3 Å². The van der Waals surface area contributed by atoms with Crippen molar-refractivity contribution in [3.8, 4) is 11.5 Å². The van der Waals surface area contributed by atoms with Gasteiger partial charge in [-0.25, -0.2) is 4.79 Å². The molecule has 166 valence electrons. The van der Waals surface area contributed by atoms with Gasteiger partial charge in [-0.2, -0.15) is 0 Å². The number of ether oxygens (including phenoxy) is 2. The summed E-state index contributed by atoms with van der Waals surface area (Å²) in [7, 11) is 1.67. The van der Waals surface area contributed by atoms with Gasteiger partial charge < -0.3 is 9.47 Å². The number of hydrogen-bond donors (Lipinski definition) is 0. The van der Waals surface area contributed by atoms with Crippen LogP contribution in [0.2, 0.25) is 0 Å². The van der Waals surface area contributed by atoms with Crippen molar-refractivity contribution in [2.24, 2.45) is 0 Å². The van der Waals surface area contributed by atoms with Gasteiger partial charge in [0.25, 0.3) is 0 Å². The molecule has 0 heterocycles. The third kappa shape index (κ3) is 5.32. The van der Waals surface area contributed by atoms with E-state index in [0.29, 0.717) is 17.2 Å². The topological polar surface area (TPSA) is 35.5 Å². The highest BCUT2D eigenvalue weighted by Crippen LogP contribution is 2.34. The molecule has 0 bridgehead atoms. The summed E-state index contributed by atoms with van der Waals surface area (Å²) in [6, 6.07) is 33.8. The van der Waals surface area contributed by atoms with Gasteiger partial charge in [0.05, 0.1) is 12.7 Å². The Bertz CT molecular complexity index is 1180. The third-order valence-corrected chi connectivity index (χ3v) is 5.82. The zero-order valence-electron chi connectivity index (χ0n) is 19.2. The average molecular weight is 437 g/mol. The van der Waals surface area contributed by atoms with Crippen molar-refractivity contribution in [1.82, 2.24) is 0 Å². The van der Waals surface area contributed by atoms with E-state index in [1.807, 2.05) is 54.6 Å². The fourth-order valence-corrected chi connectivity index (χ4v) is 3.92. The van der Waals surface area contributed by atoms with Crippen LogP contribution in [-0.4, -0.2) is 13.1 Å². The number of carbonyl (C=O) groups excluding carboxylic acids is 1. The number of methoxy groups -OCH3 is 1. The molecule has 33 heavy (non-hydrogen) atoms. The highest BCUT2D eigenvalue weighted by Gasteiger charge is 2.18. The van der Waals surface area contributed by atoms with Crippen LogP contribution in [0.5, 0.6) is 11.5 Å². The molecule has 4 rings (SSSR count). The smallest absolute Gasteiger partial charge is 0.343 e. The highest BCUT2D eigenvalue weighted by atomic mass is 16.5. The first-order valence-electron chi connectivity index (χ1n) is 11.2. The normalized spacial score (nSPS) is 11.8. The summed E-state index contributed by atoms with van der Waals surface area (Å²) in [5.74, 6) is 1.53. The molecule has 3 heteroatoms. The molecular weight excluding hydrogens is 408 g/mol. The molecule has 0 N–H and O–H groups in total. The van der Waals surface area contributed by atoms with E-state index >= 15 is 0 Å². The number of benzene rings is 4. The molecule has 0 aliphatic rings. The number of esters is 1. The van der Waals surface area contributed by atoms with Crippen molar-refractivity contribution in [3.63, 3.8) is 0 Å². The summed E-state index contributed by atoms with van der Waals surface area (Å²) < 4.78 is 10.9. The molecule has 0 spiro atoms. The molecule has 0 saturated carbocycles. The predicted molar refractivity (Wildman–Crippen MR) is 132 cm³/mol. The van der Waals surface area contributed by atoms with E-state index in [0.717, 1.165) is 11.3 Å². The van der Waals surface area contributed by atoms with E-state index in [4.69, 9.17) is 9.47 Å². The Morgan fingerprint density at radius 3 is 1.55 bits per heavy atom. The van der Waals surface area contributed by atoms with E-state index in [2.05, 4.69) is 50.2 Å². The molecule has 0 aliphatic heterocycles. The molecular formula is C30H28O3. The predicted octanol–water partition coefficient (Wildman–Crippen LogP) is 7.22. The van der Waals surface area contributed by atoms with Crippen molar-refractivity contribution < 1.29 is 14.3 Å². The van der Waals surface area contributed by atoms with Crippen molar-refractivity contribution in [1.29, 1.82) is 0 Å². The molecule has 1 atom stereocenters. The lowest BCUT2D eigenvalue weighted by molar-refractivity contribution is 0.0734. The Kier molecular flexibility index (Phi) is 6.89. The van der Waals surface area contributed by atoms with E-state index in [9.17, 15) is 4.79 Å². The van der Waals surface area contributed by atoms with Crippen LogP contribution in [0.25, 0.3) is 0 Å². The third-order valence-electron chi connectivity index (χ3n) is 5.82. The number of carbonyl (C=O) groups is 1. The van der Waals surface area contributed by atoms with E-state index in [-0.39, 0.29) is 11.9 Å². The fourth-order valence-electron chi connectivity index (χ4n) is 3.92. The second kappa shape index (κ2) is 10.2. The zero-order valence-corrected chi connectivity index (χ0v) is 19.2. The highest BCUT2D eigenvalue weighted by molar-refractivity contribution is 5.90. The first-order valence-corrected chi connectivity index (χ1v) is 11.2. The SMILES string of the molecule is COc1ccc(C(c2ccc(OC(=O)c3ccccc3)cc2)c2ccc(C(C)C)cc2)cc1. The summed E-state index contributed by atoms with van der Waals surface area (Å²) in [6.07, 6.45) is 0. The quantitative estimate of drug-likeness (QED) is 0.174. The molecule has 0 fully saturated rings. The Morgan fingerprint density at radius 2 is 1.06 bits per heavy atom. The average Bonchev–Trinajstić information content (AvgIpc) is 2.86. The lowest BCUT2D eigenvalue weighted by atomic mass is 9.84. The van der Waals surface area contributed by atoms with Gasteiger partial charge in [-0.15, -0.1) is 0 Å². The largest absolute Gasteiger partial charge is 0.497 e. The lowest BCUT2D eigenvalue weighted by Crippen LogP contribution is -2.08. The van der Waals surface area contributed by atoms with Crippen molar-refractivity contribution >= 4 is 5.97 Å². The molecule has 0 saturated heterocycles. The summed E-state index contributed by atoms with van der Waals surface area (Å²) in [6.45, 7) is 4.40. The van der Waals surface area contributed by atoms with E-state index in [1.54, 1.807) is 19.2 Å². The van der Waals surface area contributed by atoms with Gasteiger partial charge >= 0.3 is 5.97 Å². The lowest BCUT2D eigenvalue weighted by Gasteiger charge is -2.20. The van der Waals surface area contributed by atoms with Gasteiger partial charge in [-0.05, 0) is 64.6 Å². The van der Waals surface area contributed by atoms with Crippen LogP contribution in [0.4, 0.5) is 0 Å². The molecule has 4 aromatic carbocycles. The van der Waals surface area contributed by atoms with Gasteiger partial charge in [0.1, 0.15) is 11.5 Å². The maximum atomic E-state index is 12.4. The summed E-state index contributed by atoms with van der Waals surface area (Å²) >= 11 is 0. The van der Waals surface area contributed by atoms with Gasteiger partial charge in [0.15, 0.2) is 0 Å². The minimum absolute atomic E-state index is 0.0518. The molecule has 1 unspecified atom stereocenters. The second-order valence-corrected chi connectivity index (χ2v) is 8.35. The Hall–Kier alpha value is -3.85. The van der Waals surface area contributed by atoms with E-state index in [1.165, 1.54) is 16.7 Å². The van der Waals surface area contributed by atoms with Crippen LogP contribution in [0, 0.1) is 0 Å². The molecule has 3 nitrogen and oxygen atoms in total. The minimum Gasteiger partial charge on any atom is -0.497 e. The number of hydrogen-bond acceptors (Lipinski definition) is 3. The second-order valence-electron chi connectivity index (χ2n) is 8.35. The molecule has 0 amide bonds.